The van der Waals surface area contributed by atoms with Crippen molar-refractivity contribution >= 4 is 0 Å². The van der Waals surface area contributed by atoms with Gasteiger partial charge in [-0.1, -0.05) is 0 Å². The summed E-state index contributed by atoms with van der Waals surface area (Å²) in [6.07, 6.45) is 8.26. The Labute approximate surface area is 81.1 Å². The highest BCUT2D eigenvalue weighted by atomic mass is 14.6. The van der Waals surface area contributed by atoms with Crippen LogP contribution >= 0.6 is 0 Å². The second-order valence-electron chi connectivity index (χ2n) is 5.02. The molecule has 0 saturated heterocycles. The van der Waals surface area contributed by atoms with Gasteiger partial charge in [0.05, 0.1) is 0 Å². The van der Waals surface area contributed by atoms with Crippen molar-refractivity contribution in [2.45, 2.75) is 38.5 Å². The van der Waals surface area contributed by atoms with Crippen LogP contribution in [0.15, 0.2) is 0 Å². The standard InChI is InChI=1S/C11H22N2/c12-5-2-10-7-9-1-3-11(10,8-9)4-6-13/h9-10H,1-8,12-13H2. The first-order chi connectivity index (χ1) is 6.30. The molecule has 0 aromatic heterocycles. The fourth-order valence-corrected chi connectivity index (χ4v) is 3.84. The molecular formula is C11H22N2. The second-order valence-corrected chi connectivity index (χ2v) is 5.02. The van der Waals surface area contributed by atoms with Gasteiger partial charge in [-0.3, -0.25) is 0 Å². The van der Waals surface area contributed by atoms with E-state index in [0.29, 0.717) is 5.41 Å². The molecule has 0 heterocycles. The first-order valence-corrected chi connectivity index (χ1v) is 5.71. The van der Waals surface area contributed by atoms with E-state index in [0.717, 1.165) is 24.9 Å². The van der Waals surface area contributed by atoms with Crippen molar-refractivity contribution < 1.29 is 0 Å². The molecule has 2 heteroatoms. The van der Waals surface area contributed by atoms with Crippen LogP contribution in [0.4, 0.5) is 0 Å². The Morgan fingerprint density at radius 3 is 2.69 bits per heavy atom. The van der Waals surface area contributed by atoms with Gasteiger partial charge in [-0.2, -0.15) is 0 Å². The van der Waals surface area contributed by atoms with Crippen LogP contribution in [-0.2, 0) is 0 Å². The van der Waals surface area contributed by atoms with Gasteiger partial charge in [-0.25, -0.2) is 0 Å². The summed E-state index contributed by atoms with van der Waals surface area (Å²) in [7, 11) is 0. The van der Waals surface area contributed by atoms with Gasteiger partial charge in [0, 0.05) is 0 Å². The molecule has 13 heavy (non-hydrogen) atoms. The third kappa shape index (κ3) is 1.50. The molecule has 2 saturated carbocycles. The Hall–Kier alpha value is -0.0800. The topological polar surface area (TPSA) is 52.0 Å². The maximum atomic E-state index is 5.71. The van der Waals surface area contributed by atoms with E-state index in [2.05, 4.69) is 0 Å². The van der Waals surface area contributed by atoms with Gasteiger partial charge in [0.1, 0.15) is 0 Å². The van der Waals surface area contributed by atoms with Crippen LogP contribution in [-0.4, -0.2) is 13.1 Å². The highest BCUT2D eigenvalue weighted by molar-refractivity contribution is 5.01. The molecule has 2 aliphatic rings. The molecule has 3 unspecified atom stereocenters. The maximum absolute atomic E-state index is 5.71. The Balaban J connectivity index is 2.03. The number of rotatable bonds is 4. The molecule has 3 atom stereocenters. The molecule has 0 aromatic carbocycles. The zero-order valence-corrected chi connectivity index (χ0v) is 8.47. The van der Waals surface area contributed by atoms with Crippen molar-refractivity contribution in [2.24, 2.45) is 28.7 Å². The lowest BCUT2D eigenvalue weighted by Gasteiger charge is -2.35. The number of fused-ring (bicyclic) bond motifs is 2. The largest absolute Gasteiger partial charge is 0.330 e. The highest BCUT2D eigenvalue weighted by Gasteiger charge is 2.50. The molecule has 0 radical (unpaired) electrons. The highest BCUT2D eigenvalue weighted by Crippen LogP contribution is 2.60. The summed E-state index contributed by atoms with van der Waals surface area (Å²) < 4.78 is 0. The summed E-state index contributed by atoms with van der Waals surface area (Å²) in [5, 5.41) is 0. The molecule has 0 aromatic rings. The minimum Gasteiger partial charge on any atom is -0.330 e. The molecule has 4 N–H and O–H groups in total. The van der Waals surface area contributed by atoms with E-state index in [-0.39, 0.29) is 0 Å². The normalized spacial score (nSPS) is 42.9. The zero-order valence-electron chi connectivity index (χ0n) is 8.47. The van der Waals surface area contributed by atoms with Gasteiger partial charge in [-0.05, 0) is 68.9 Å². The van der Waals surface area contributed by atoms with E-state index >= 15 is 0 Å². The summed E-state index contributed by atoms with van der Waals surface area (Å²) >= 11 is 0. The van der Waals surface area contributed by atoms with Gasteiger partial charge in [-0.15, -0.1) is 0 Å². The SMILES string of the molecule is NCCC1CC2CCC1(CCN)C2. The molecule has 2 fully saturated rings. The number of hydrogen-bond donors (Lipinski definition) is 2. The van der Waals surface area contributed by atoms with Crippen LogP contribution in [0.2, 0.25) is 0 Å². The van der Waals surface area contributed by atoms with Gasteiger partial charge in [0.25, 0.3) is 0 Å². The monoisotopic (exact) mass is 182 g/mol. The van der Waals surface area contributed by atoms with Gasteiger partial charge in [0.2, 0.25) is 0 Å². The fourth-order valence-electron chi connectivity index (χ4n) is 3.84. The molecule has 0 aliphatic heterocycles. The Morgan fingerprint density at radius 1 is 1.23 bits per heavy atom. The smallest absolute Gasteiger partial charge is 0.00719 e. The van der Waals surface area contributed by atoms with E-state index in [9.17, 15) is 0 Å². The van der Waals surface area contributed by atoms with Crippen LogP contribution in [0, 0.1) is 17.3 Å². The second kappa shape index (κ2) is 3.58. The van der Waals surface area contributed by atoms with E-state index < -0.39 is 0 Å². The minimum absolute atomic E-state index is 0.624. The van der Waals surface area contributed by atoms with Crippen LogP contribution in [0.1, 0.15) is 38.5 Å². The lowest BCUT2D eigenvalue weighted by atomic mass is 9.71. The van der Waals surface area contributed by atoms with Gasteiger partial charge < -0.3 is 11.5 Å². The third-order valence-corrected chi connectivity index (χ3v) is 4.39. The first-order valence-electron chi connectivity index (χ1n) is 5.71. The minimum atomic E-state index is 0.624. The summed E-state index contributed by atoms with van der Waals surface area (Å²) in [4.78, 5) is 0. The molecule has 0 amide bonds. The van der Waals surface area contributed by atoms with E-state index in [1.165, 1.54) is 38.5 Å². The van der Waals surface area contributed by atoms with Gasteiger partial charge in [0.15, 0.2) is 0 Å². The average molecular weight is 182 g/mol. The third-order valence-electron chi connectivity index (χ3n) is 4.39. The lowest BCUT2D eigenvalue weighted by molar-refractivity contribution is 0.164. The molecule has 76 valence electrons. The molecular weight excluding hydrogens is 160 g/mol. The van der Waals surface area contributed by atoms with Crippen molar-refractivity contribution in [1.82, 2.24) is 0 Å². The summed E-state index contributed by atoms with van der Waals surface area (Å²) in [5.74, 6) is 1.92. The van der Waals surface area contributed by atoms with Crippen LogP contribution < -0.4 is 11.5 Å². The predicted octanol–water partition coefficient (Wildman–Crippen LogP) is 1.49. The van der Waals surface area contributed by atoms with E-state index in [1.807, 2.05) is 0 Å². The van der Waals surface area contributed by atoms with Crippen molar-refractivity contribution in [1.29, 1.82) is 0 Å². The van der Waals surface area contributed by atoms with Crippen LogP contribution in [0.25, 0.3) is 0 Å². The quantitative estimate of drug-likeness (QED) is 0.692. The van der Waals surface area contributed by atoms with E-state index in [4.69, 9.17) is 11.5 Å². The Morgan fingerprint density at radius 2 is 2.08 bits per heavy atom. The molecule has 2 nitrogen and oxygen atoms in total. The molecule has 0 spiro atoms. The fraction of sp³-hybridized carbons (Fsp3) is 1.00. The Kier molecular flexibility index (Phi) is 2.61. The van der Waals surface area contributed by atoms with Crippen molar-refractivity contribution in [3.05, 3.63) is 0 Å². The van der Waals surface area contributed by atoms with Crippen molar-refractivity contribution in [3.63, 3.8) is 0 Å². The average Bonchev–Trinajstić information content (AvgIpc) is 2.63. The van der Waals surface area contributed by atoms with Crippen molar-refractivity contribution in [2.75, 3.05) is 13.1 Å². The summed E-state index contributed by atoms with van der Waals surface area (Å²) in [5.41, 5.74) is 12.0. The lowest BCUT2D eigenvalue weighted by Crippen LogP contribution is -2.29. The Bertz CT molecular complexity index is 181. The number of nitrogens with two attached hydrogens (primary N) is 2. The predicted molar refractivity (Wildman–Crippen MR) is 55.2 cm³/mol. The molecule has 2 rings (SSSR count). The molecule has 2 bridgehead atoms. The van der Waals surface area contributed by atoms with E-state index in [1.54, 1.807) is 0 Å². The molecule has 2 aliphatic carbocycles. The first kappa shape index (κ1) is 9.47. The van der Waals surface area contributed by atoms with Crippen molar-refractivity contribution in [3.8, 4) is 0 Å². The van der Waals surface area contributed by atoms with Crippen LogP contribution in [0.3, 0.4) is 0 Å². The number of hydrogen-bond acceptors (Lipinski definition) is 2. The summed E-state index contributed by atoms with van der Waals surface area (Å²) in [6, 6.07) is 0. The maximum Gasteiger partial charge on any atom is -0.00719 e. The summed E-state index contributed by atoms with van der Waals surface area (Å²) in [6.45, 7) is 1.73. The van der Waals surface area contributed by atoms with Gasteiger partial charge >= 0.3 is 0 Å². The zero-order chi connectivity index (χ0) is 9.31. The van der Waals surface area contributed by atoms with Crippen LogP contribution in [0.5, 0.6) is 0 Å².